The molecule has 3 nitrogen and oxygen atoms in total. The Morgan fingerprint density at radius 3 is 2.69 bits per heavy atom. The van der Waals surface area contributed by atoms with Crippen molar-refractivity contribution in [3.63, 3.8) is 0 Å². The minimum Gasteiger partial charge on any atom is -0.390 e. The van der Waals surface area contributed by atoms with E-state index in [0.29, 0.717) is 18.8 Å². The van der Waals surface area contributed by atoms with E-state index < -0.39 is 5.60 Å². The van der Waals surface area contributed by atoms with E-state index in [4.69, 9.17) is 0 Å². The highest BCUT2D eigenvalue weighted by atomic mass is 32.2. The van der Waals surface area contributed by atoms with E-state index >= 15 is 0 Å². The van der Waals surface area contributed by atoms with Gasteiger partial charge in [-0.3, -0.25) is 4.79 Å². The first kappa shape index (κ1) is 13.8. The molecule has 1 atom stereocenters. The zero-order valence-electron chi connectivity index (χ0n) is 10.7. The van der Waals surface area contributed by atoms with Gasteiger partial charge in [-0.25, -0.2) is 0 Å². The molecule has 1 aliphatic heterocycles. The van der Waals surface area contributed by atoms with Crippen molar-refractivity contribution in [2.45, 2.75) is 51.5 Å². The molecule has 1 saturated heterocycles. The summed E-state index contributed by atoms with van der Waals surface area (Å²) >= 11 is 1.78. The zero-order valence-corrected chi connectivity index (χ0v) is 11.5. The topological polar surface area (TPSA) is 40.5 Å². The molecule has 1 amide bonds. The Morgan fingerprint density at radius 1 is 1.56 bits per heavy atom. The van der Waals surface area contributed by atoms with Crippen LogP contribution in [0.1, 0.15) is 40.5 Å². The molecule has 4 heteroatoms. The van der Waals surface area contributed by atoms with Crippen LogP contribution in [-0.4, -0.2) is 39.2 Å². The molecule has 0 radical (unpaired) electrons. The van der Waals surface area contributed by atoms with Gasteiger partial charge in [0.05, 0.1) is 11.0 Å². The fourth-order valence-corrected chi connectivity index (χ4v) is 3.37. The van der Waals surface area contributed by atoms with E-state index in [2.05, 4.69) is 13.8 Å². The van der Waals surface area contributed by atoms with Crippen molar-refractivity contribution in [2.24, 2.45) is 5.92 Å². The van der Waals surface area contributed by atoms with Gasteiger partial charge in [-0.15, -0.1) is 11.8 Å². The van der Waals surface area contributed by atoms with Crippen LogP contribution in [0.3, 0.4) is 0 Å². The van der Waals surface area contributed by atoms with Crippen LogP contribution < -0.4 is 0 Å². The van der Waals surface area contributed by atoms with Crippen LogP contribution in [0, 0.1) is 5.92 Å². The lowest BCUT2D eigenvalue weighted by atomic mass is 10.0. The number of carbonyl (C=O) groups excluding carboxylic acids is 1. The number of amides is 1. The quantitative estimate of drug-likeness (QED) is 0.824. The van der Waals surface area contributed by atoms with Crippen molar-refractivity contribution < 1.29 is 9.90 Å². The smallest absolute Gasteiger partial charge is 0.223 e. The van der Waals surface area contributed by atoms with Gasteiger partial charge in [-0.1, -0.05) is 13.8 Å². The van der Waals surface area contributed by atoms with Crippen LogP contribution in [0.5, 0.6) is 0 Å². The Morgan fingerprint density at radius 2 is 2.19 bits per heavy atom. The number of rotatable bonds is 4. The van der Waals surface area contributed by atoms with Gasteiger partial charge in [0.25, 0.3) is 0 Å². The second-order valence-corrected chi connectivity index (χ2v) is 6.81. The maximum absolute atomic E-state index is 12.0. The molecule has 0 spiro atoms. The maximum atomic E-state index is 12.0. The van der Waals surface area contributed by atoms with Crippen LogP contribution in [0.15, 0.2) is 0 Å². The highest BCUT2D eigenvalue weighted by molar-refractivity contribution is 8.00. The molecule has 1 aliphatic rings. The number of carbonyl (C=O) groups is 1. The Labute approximate surface area is 103 Å². The molecular formula is C12H23NO2S. The third-order valence-electron chi connectivity index (χ3n) is 2.57. The summed E-state index contributed by atoms with van der Waals surface area (Å²) in [6.07, 6.45) is 1.27. The van der Waals surface area contributed by atoms with E-state index in [0.717, 1.165) is 12.3 Å². The van der Waals surface area contributed by atoms with Gasteiger partial charge in [-0.05, 0) is 19.8 Å². The Kier molecular flexibility index (Phi) is 4.68. The average Bonchev–Trinajstić information content (AvgIpc) is 2.47. The van der Waals surface area contributed by atoms with Gasteiger partial charge >= 0.3 is 0 Å². The van der Waals surface area contributed by atoms with Crippen LogP contribution in [-0.2, 0) is 4.79 Å². The zero-order chi connectivity index (χ0) is 12.3. The lowest BCUT2D eigenvalue weighted by Crippen LogP contribution is -2.39. The largest absolute Gasteiger partial charge is 0.390 e. The average molecular weight is 245 g/mol. The second kappa shape index (κ2) is 5.41. The summed E-state index contributed by atoms with van der Waals surface area (Å²) in [5.41, 5.74) is -0.696. The van der Waals surface area contributed by atoms with Crippen molar-refractivity contribution >= 4 is 17.7 Å². The highest BCUT2D eigenvalue weighted by Crippen LogP contribution is 2.31. The minimum atomic E-state index is -0.696. The molecule has 1 N–H and O–H groups in total. The molecule has 0 aliphatic carbocycles. The molecule has 0 aromatic rings. The fraction of sp³-hybridized carbons (Fsp3) is 0.917. The number of nitrogens with zero attached hydrogens (tertiary/aromatic N) is 1. The van der Waals surface area contributed by atoms with E-state index in [1.54, 1.807) is 25.6 Å². The molecule has 0 saturated carbocycles. The Bertz CT molecular complexity index is 248. The number of thioether (sulfide) groups is 1. The van der Waals surface area contributed by atoms with Crippen molar-refractivity contribution in [1.29, 1.82) is 0 Å². The summed E-state index contributed by atoms with van der Waals surface area (Å²) in [6, 6.07) is 0. The lowest BCUT2D eigenvalue weighted by Gasteiger charge is -2.29. The molecule has 1 unspecified atom stereocenters. The van der Waals surface area contributed by atoms with E-state index in [1.165, 1.54) is 0 Å². The number of hydrogen-bond acceptors (Lipinski definition) is 3. The summed E-state index contributed by atoms with van der Waals surface area (Å²) in [7, 11) is 0. The molecule has 1 fully saturated rings. The monoisotopic (exact) mass is 245 g/mol. The standard InChI is InChI=1S/C12H23NO2S/c1-9(2)7-10(14)13-5-6-16-11(13)8-12(3,4)15/h9,11,15H,5-8H2,1-4H3. The van der Waals surface area contributed by atoms with E-state index in [1.807, 2.05) is 4.90 Å². The van der Waals surface area contributed by atoms with Gasteiger partial charge in [0.15, 0.2) is 0 Å². The van der Waals surface area contributed by atoms with Crippen molar-refractivity contribution in [1.82, 2.24) is 4.90 Å². The van der Waals surface area contributed by atoms with Crippen molar-refractivity contribution in [2.75, 3.05) is 12.3 Å². The van der Waals surface area contributed by atoms with Gasteiger partial charge < -0.3 is 10.0 Å². The molecular weight excluding hydrogens is 222 g/mol. The molecule has 1 rings (SSSR count). The SMILES string of the molecule is CC(C)CC(=O)N1CCSC1CC(C)(C)O. The molecule has 0 bridgehead atoms. The van der Waals surface area contributed by atoms with Gasteiger partial charge in [0, 0.05) is 25.1 Å². The molecule has 94 valence electrons. The van der Waals surface area contributed by atoms with Crippen LogP contribution in [0.4, 0.5) is 0 Å². The first-order valence-electron chi connectivity index (χ1n) is 5.93. The summed E-state index contributed by atoms with van der Waals surface area (Å²) < 4.78 is 0. The summed E-state index contributed by atoms with van der Waals surface area (Å²) in [5, 5.41) is 9.97. The number of aliphatic hydroxyl groups is 1. The number of hydrogen-bond donors (Lipinski definition) is 1. The van der Waals surface area contributed by atoms with Crippen molar-refractivity contribution in [3.8, 4) is 0 Å². The Balaban J connectivity index is 2.55. The van der Waals surface area contributed by atoms with Crippen molar-refractivity contribution in [3.05, 3.63) is 0 Å². The van der Waals surface area contributed by atoms with Crippen LogP contribution >= 0.6 is 11.8 Å². The van der Waals surface area contributed by atoms with Gasteiger partial charge in [-0.2, -0.15) is 0 Å². The maximum Gasteiger partial charge on any atom is 0.223 e. The van der Waals surface area contributed by atoms with Crippen LogP contribution in [0.25, 0.3) is 0 Å². The first-order chi connectivity index (χ1) is 7.29. The summed E-state index contributed by atoms with van der Waals surface area (Å²) in [6.45, 7) is 8.56. The van der Waals surface area contributed by atoms with E-state index in [-0.39, 0.29) is 11.3 Å². The molecule has 0 aromatic heterocycles. The third-order valence-corrected chi connectivity index (χ3v) is 3.79. The highest BCUT2D eigenvalue weighted by Gasteiger charge is 2.33. The fourth-order valence-electron chi connectivity index (χ4n) is 1.87. The molecule has 0 aromatic carbocycles. The van der Waals surface area contributed by atoms with Crippen LogP contribution in [0.2, 0.25) is 0 Å². The minimum absolute atomic E-state index is 0.159. The third kappa shape index (κ3) is 4.34. The summed E-state index contributed by atoms with van der Waals surface area (Å²) in [4.78, 5) is 13.9. The normalized spacial score (nSPS) is 21.9. The Hall–Kier alpha value is -0.220. The van der Waals surface area contributed by atoms with Gasteiger partial charge in [0.2, 0.25) is 5.91 Å². The predicted octanol–water partition coefficient (Wildman–Crippen LogP) is 2.10. The lowest BCUT2D eigenvalue weighted by molar-refractivity contribution is -0.132. The predicted molar refractivity (Wildman–Crippen MR) is 68.3 cm³/mol. The molecule has 1 heterocycles. The van der Waals surface area contributed by atoms with Gasteiger partial charge in [0.1, 0.15) is 0 Å². The van der Waals surface area contributed by atoms with E-state index in [9.17, 15) is 9.90 Å². The molecule has 16 heavy (non-hydrogen) atoms. The first-order valence-corrected chi connectivity index (χ1v) is 6.98. The second-order valence-electron chi connectivity index (χ2n) is 5.53. The summed E-state index contributed by atoms with van der Waals surface area (Å²) in [5.74, 6) is 1.63.